The molecule has 3 aromatic rings. The maximum atomic E-state index is 12.8. The van der Waals surface area contributed by atoms with Crippen molar-refractivity contribution in [2.45, 2.75) is 6.18 Å². The molecule has 0 atom stereocenters. The second-order valence-electron chi connectivity index (χ2n) is 6.60. The quantitative estimate of drug-likeness (QED) is 0.725. The molecule has 9 heteroatoms. The minimum Gasteiger partial charge on any atom is -0.475 e. The second kappa shape index (κ2) is 7.76. The zero-order valence-corrected chi connectivity index (χ0v) is 15.1. The summed E-state index contributed by atoms with van der Waals surface area (Å²) >= 11 is 0. The van der Waals surface area contributed by atoms with Crippen molar-refractivity contribution in [2.75, 3.05) is 39.3 Å². The molecule has 1 aromatic carbocycles. The van der Waals surface area contributed by atoms with Crippen LogP contribution in [-0.2, 0) is 6.18 Å². The molecule has 3 heterocycles. The van der Waals surface area contributed by atoms with Crippen molar-refractivity contribution >= 4 is 5.65 Å². The Kier molecular flexibility index (Phi) is 5.19. The van der Waals surface area contributed by atoms with E-state index in [1.165, 1.54) is 12.1 Å². The fourth-order valence-corrected chi connectivity index (χ4v) is 3.17. The maximum absolute atomic E-state index is 12.8. The normalized spacial score (nSPS) is 15.8. The van der Waals surface area contributed by atoms with Gasteiger partial charge in [0.25, 0.3) is 0 Å². The summed E-state index contributed by atoms with van der Waals surface area (Å²) in [6.07, 6.45) is -2.77. The molecule has 148 valence electrons. The average Bonchev–Trinajstić information content (AvgIpc) is 3.11. The topological polar surface area (TPSA) is 54.7 Å². The SMILES string of the molecule is FC(F)(F)c1ccc(-c2cnc3ccc(OCCN4CCNCC4)nn23)cc1. The van der Waals surface area contributed by atoms with Crippen LogP contribution in [0.25, 0.3) is 16.9 Å². The molecule has 6 nitrogen and oxygen atoms in total. The molecule has 0 aliphatic carbocycles. The van der Waals surface area contributed by atoms with Crippen LogP contribution in [0.2, 0.25) is 0 Å². The van der Waals surface area contributed by atoms with Gasteiger partial charge in [-0.05, 0) is 18.2 Å². The summed E-state index contributed by atoms with van der Waals surface area (Å²) in [6, 6.07) is 8.49. The van der Waals surface area contributed by atoms with Crippen molar-refractivity contribution in [3.8, 4) is 17.1 Å². The molecule has 0 amide bonds. The highest BCUT2D eigenvalue weighted by atomic mass is 19.4. The van der Waals surface area contributed by atoms with Crippen LogP contribution in [0.5, 0.6) is 5.88 Å². The van der Waals surface area contributed by atoms with Gasteiger partial charge in [0.05, 0.1) is 17.5 Å². The van der Waals surface area contributed by atoms with E-state index in [2.05, 4.69) is 20.3 Å². The molecule has 2 aromatic heterocycles. The lowest BCUT2D eigenvalue weighted by Gasteiger charge is -2.26. The number of hydrogen-bond donors (Lipinski definition) is 1. The molecular weight excluding hydrogens is 371 g/mol. The van der Waals surface area contributed by atoms with E-state index in [4.69, 9.17) is 4.74 Å². The summed E-state index contributed by atoms with van der Waals surface area (Å²) in [5.41, 5.74) is 1.13. The van der Waals surface area contributed by atoms with Gasteiger partial charge in [-0.15, -0.1) is 5.10 Å². The number of piperazine rings is 1. The van der Waals surface area contributed by atoms with Crippen LogP contribution in [0.15, 0.2) is 42.6 Å². The summed E-state index contributed by atoms with van der Waals surface area (Å²) in [5, 5.41) is 7.75. The van der Waals surface area contributed by atoms with E-state index in [0.29, 0.717) is 29.4 Å². The van der Waals surface area contributed by atoms with E-state index in [9.17, 15) is 13.2 Å². The monoisotopic (exact) mass is 391 g/mol. The van der Waals surface area contributed by atoms with Gasteiger partial charge in [-0.3, -0.25) is 4.90 Å². The van der Waals surface area contributed by atoms with Gasteiger partial charge in [-0.1, -0.05) is 12.1 Å². The smallest absolute Gasteiger partial charge is 0.416 e. The number of aromatic nitrogens is 3. The number of imidazole rings is 1. The number of benzene rings is 1. The Bertz CT molecular complexity index is 933. The fourth-order valence-electron chi connectivity index (χ4n) is 3.17. The van der Waals surface area contributed by atoms with Crippen LogP contribution < -0.4 is 10.1 Å². The van der Waals surface area contributed by atoms with Crippen LogP contribution in [0.1, 0.15) is 5.56 Å². The fraction of sp³-hybridized carbons (Fsp3) is 0.368. The Hall–Kier alpha value is -2.65. The largest absolute Gasteiger partial charge is 0.475 e. The number of nitrogens with one attached hydrogen (secondary N) is 1. The summed E-state index contributed by atoms with van der Waals surface area (Å²) < 4.78 is 45.7. The minimum absolute atomic E-state index is 0.453. The van der Waals surface area contributed by atoms with Gasteiger partial charge in [0.1, 0.15) is 6.61 Å². The average molecular weight is 391 g/mol. The minimum atomic E-state index is -4.36. The van der Waals surface area contributed by atoms with E-state index < -0.39 is 11.7 Å². The number of rotatable bonds is 5. The Balaban J connectivity index is 1.49. The van der Waals surface area contributed by atoms with E-state index >= 15 is 0 Å². The summed E-state index contributed by atoms with van der Waals surface area (Å²) in [4.78, 5) is 6.59. The number of hydrogen-bond acceptors (Lipinski definition) is 5. The van der Waals surface area contributed by atoms with Crippen molar-refractivity contribution in [3.05, 3.63) is 48.2 Å². The van der Waals surface area contributed by atoms with Crippen LogP contribution in [0, 0.1) is 0 Å². The van der Waals surface area contributed by atoms with Crippen molar-refractivity contribution in [1.29, 1.82) is 0 Å². The molecule has 1 aliphatic rings. The van der Waals surface area contributed by atoms with Gasteiger partial charge in [0.15, 0.2) is 5.65 Å². The number of alkyl halides is 3. The standard InChI is InChI=1S/C19H20F3N5O/c20-19(21,22)15-3-1-14(2-4-15)16-13-24-17-5-6-18(25-27(16)17)28-12-11-26-9-7-23-8-10-26/h1-6,13,23H,7-12H2. The predicted molar refractivity (Wildman–Crippen MR) is 98.2 cm³/mol. The lowest BCUT2D eigenvalue weighted by molar-refractivity contribution is -0.137. The molecule has 0 radical (unpaired) electrons. The number of nitrogens with zero attached hydrogens (tertiary/aromatic N) is 4. The van der Waals surface area contributed by atoms with E-state index in [1.807, 2.05) is 0 Å². The highest BCUT2D eigenvalue weighted by molar-refractivity contribution is 5.63. The highest BCUT2D eigenvalue weighted by Crippen LogP contribution is 2.31. The molecular formula is C19H20F3N5O. The first kappa shape index (κ1) is 18.7. The van der Waals surface area contributed by atoms with Crippen molar-refractivity contribution in [3.63, 3.8) is 0 Å². The van der Waals surface area contributed by atoms with Crippen LogP contribution >= 0.6 is 0 Å². The molecule has 1 saturated heterocycles. The summed E-state index contributed by atoms with van der Waals surface area (Å²) in [5.74, 6) is 0.453. The highest BCUT2D eigenvalue weighted by Gasteiger charge is 2.30. The number of fused-ring (bicyclic) bond motifs is 1. The van der Waals surface area contributed by atoms with Crippen molar-refractivity contribution < 1.29 is 17.9 Å². The van der Waals surface area contributed by atoms with E-state index in [1.54, 1.807) is 22.8 Å². The van der Waals surface area contributed by atoms with Gasteiger partial charge < -0.3 is 10.1 Å². The maximum Gasteiger partial charge on any atom is 0.416 e. The predicted octanol–water partition coefficient (Wildman–Crippen LogP) is 2.70. The van der Waals surface area contributed by atoms with Gasteiger partial charge in [-0.2, -0.15) is 13.2 Å². The molecule has 1 aliphatic heterocycles. The first-order chi connectivity index (χ1) is 13.5. The molecule has 0 bridgehead atoms. The zero-order valence-electron chi connectivity index (χ0n) is 15.1. The van der Waals surface area contributed by atoms with Crippen LogP contribution in [0.3, 0.4) is 0 Å². The van der Waals surface area contributed by atoms with Crippen molar-refractivity contribution in [2.24, 2.45) is 0 Å². The van der Waals surface area contributed by atoms with Crippen molar-refractivity contribution in [1.82, 2.24) is 24.8 Å². The molecule has 0 saturated carbocycles. The molecule has 0 spiro atoms. The Morgan fingerprint density at radius 3 is 2.50 bits per heavy atom. The van der Waals surface area contributed by atoms with Gasteiger partial charge >= 0.3 is 6.18 Å². The second-order valence-corrected chi connectivity index (χ2v) is 6.60. The molecule has 1 fully saturated rings. The third kappa shape index (κ3) is 4.10. The number of halogens is 3. The molecule has 4 rings (SSSR count). The third-order valence-corrected chi connectivity index (χ3v) is 4.71. The first-order valence-corrected chi connectivity index (χ1v) is 9.09. The summed E-state index contributed by atoms with van der Waals surface area (Å²) in [7, 11) is 0. The molecule has 0 unspecified atom stereocenters. The Labute approximate surface area is 159 Å². The van der Waals surface area contributed by atoms with E-state index in [0.717, 1.165) is 44.9 Å². The lowest BCUT2D eigenvalue weighted by Crippen LogP contribution is -2.44. The van der Waals surface area contributed by atoms with Gasteiger partial charge in [-0.25, -0.2) is 9.50 Å². The Morgan fingerprint density at radius 2 is 1.79 bits per heavy atom. The van der Waals surface area contributed by atoms with E-state index in [-0.39, 0.29) is 0 Å². The molecule has 28 heavy (non-hydrogen) atoms. The number of ether oxygens (including phenoxy) is 1. The lowest BCUT2D eigenvalue weighted by atomic mass is 10.1. The zero-order chi connectivity index (χ0) is 19.6. The van der Waals surface area contributed by atoms with Gasteiger partial charge in [0.2, 0.25) is 5.88 Å². The Morgan fingerprint density at radius 1 is 1.04 bits per heavy atom. The summed E-state index contributed by atoms with van der Waals surface area (Å²) in [6.45, 7) is 5.29. The van der Waals surface area contributed by atoms with Crippen LogP contribution in [0.4, 0.5) is 13.2 Å². The third-order valence-electron chi connectivity index (χ3n) is 4.71. The first-order valence-electron chi connectivity index (χ1n) is 9.09. The van der Waals surface area contributed by atoms with Gasteiger partial charge in [0, 0.05) is 44.4 Å². The van der Waals surface area contributed by atoms with Crippen LogP contribution in [-0.4, -0.2) is 58.8 Å². The molecule has 1 N–H and O–H groups in total.